The van der Waals surface area contributed by atoms with Crippen molar-refractivity contribution < 1.29 is 13.9 Å². The lowest BCUT2D eigenvalue weighted by atomic mass is 10.1. The van der Waals surface area contributed by atoms with Crippen molar-refractivity contribution in [2.75, 3.05) is 0 Å². The lowest BCUT2D eigenvalue weighted by molar-refractivity contribution is 0.0515. The predicted octanol–water partition coefficient (Wildman–Crippen LogP) is 5.01. The fraction of sp³-hybridized carbons (Fsp3) is 0.444. The van der Waals surface area contributed by atoms with Crippen LogP contribution >= 0.6 is 27.5 Å². The second kappa shape index (κ2) is 7.67. The number of alkyl carbamates (subject to hydrolysis) is 1. The zero-order chi connectivity index (χ0) is 18.8. The molecule has 0 aliphatic rings. The van der Waals surface area contributed by atoms with E-state index in [0.717, 1.165) is 5.56 Å². The first-order valence-corrected chi connectivity index (χ1v) is 8.93. The molecule has 2 aromatic rings. The number of rotatable bonds is 3. The van der Waals surface area contributed by atoms with Crippen LogP contribution in [0.3, 0.4) is 0 Å². The van der Waals surface area contributed by atoms with Crippen LogP contribution in [0.25, 0.3) is 11.1 Å². The van der Waals surface area contributed by atoms with Gasteiger partial charge in [0.15, 0.2) is 5.58 Å². The third-order valence-corrected chi connectivity index (χ3v) is 4.22. The fourth-order valence-corrected chi connectivity index (χ4v) is 3.04. The molecule has 5 nitrogen and oxygen atoms in total. The molecule has 0 aliphatic carbocycles. The average Bonchev–Trinajstić information content (AvgIpc) is 2.75. The number of fused-ring (bicyclic) bond motifs is 1. The van der Waals surface area contributed by atoms with Crippen LogP contribution in [0.5, 0.6) is 0 Å². The molecular weight excluding hydrogens is 408 g/mol. The summed E-state index contributed by atoms with van der Waals surface area (Å²) >= 11 is 9.53. The largest absolute Gasteiger partial charge is 0.458 e. The summed E-state index contributed by atoms with van der Waals surface area (Å²) in [6, 6.07) is 1.29. The van der Waals surface area contributed by atoms with E-state index in [1.54, 1.807) is 33.8 Å². The number of amides is 1. The number of nitrogens with zero attached hydrogens (tertiary/aromatic N) is 1. The van der Waals surface area contributed by atoms with E-state index in [1.165, 1.54) is 0 Å². The Hall–Kier alpha value is -1.71. The van der Waals surface area contributed by atoms with Crippen LogP contribution in [0.1, 0.15) is 39.0 Å². The van der Waals surface area contributed by atoms with Gasteiger partial charge in [-0.25, -0.2) is 9.78 Å². The molecule has 1 amide bonds. The Morgan fingerprint density at radius 1 is 1.52 bits per heavy atom. The number of nitrogens with one attached hydrogen (secondary N) is 1. The minimum atomic E-state index is -0.577. The van der Waals surface area contributed by atoms with Crippen LogP contribution in [0, 0.1) is 18.8 Å². The van der Waals surface area contributed by atoms with Gasteiger partial charge in [0.25, 0.3) is 0 Å². The number of hydrogen-bond donors (Lipinski definition) is 1. The van der Waals surface area contributed by atoms with E-state index in [0.29, 0.717) is 32.9 Å². The predicted molar refractivity (Wildman–Crippen MR) is 102 cm³/mol. The first-order valence-electron chi connectivity index (χ1n) is 7.76. The molecule has 2 heterocycles. The maximum Gasteiger partial charge on any atom is 0.408 e. The van der Waals surface area contributed by atoms with Gasteiger partial charge in [-0.3, -0.25) is 0 Å². The van der Waals surface area contributed by atoms with E-state index >= 15 is 0 Å². The normalized spacial score (nSPS) is 12.4. The van der Waals surface area contributed by atoms with Crippen LogP contribution in [-0.2, 0) is 11.2 Å². The second-order valence-corrected chi connectivity index (χ2v) is 7.76. The van der Waals surface area contributed by atoms with Crippen molar-refractivity contribution in [3.05, 3.63) is 27.0 Å². The van der Waals surface area contributed by atoms with Crippen LogP contribution in [0.2, 0.25) is 5.15 Å². The van der Waals surface area contributed by atoms with Gasteiger partial charge in [0.1, 0.15) is 28.1 Å². The van der Waals surface area contributed by atoms with Crippen molar-refractivity contribution in [2.45, 2.75) is 52.7 Å². The molecule has 7 heteroatoms. The number of aromatic nitrogens is 1. The lowest BCUT2D eigenvalue weighted by Crippen LogP contribution is -2.39. The van der Waals surface area contributed by atoms with Crippen molar-refractivity contribution in [3.63, 3.8) is 0 Å². The van der Waals surface area contributed by atoms with Crippen molar-refractivity contribution in [3.8, 4) is 11.8 Å². The molecule has 0 saturated carbocycles. The van der Waals surface area contributed by atoms with E-state index in [-0.39, 0.29) is 0 Å². The van der Waals surface area contributed by atoms with Gasteiger partial charge in [-0.1, -0.05) is 17.5 Å². The molecule has 1 N–H and O–H groups in total. The third-order valence-electron chi connectivity index (χ3n) is 3.20. The Morgan fingerprint density at radius 3 is 2.80 bits per heavy atom. The first-order chi connectivity index (χ1) is 11.6. The van der Waals surface area contributed by atoms with E-state index in [4.69, 9.17) is 20.8 Å². The van der Waals surface area contributed by atoms with E-state index < -0.39 is 17.7 Å². The summed E-state index contributed by atoms with van der Waals surface area (Å²) in [5, 5.41) is 3.16. The van der Waals surface area contributed by atoms with Crippen LogP contribution < -0.4 is 5.32 Å². The summed E-state index contributed by atoms with van der Waals surface area (Å²) in [6.45, 7) is 9.03. The quantitative estimate of drug-likeness (QED) is 0.552. The first kappa shape index (κ1) is 19.6. The van der Waals surface area contributed by atoms with E-state index in [2.05, 4.69) is 38.1 Å². The number of hydrogen-bond acceptors (Lipinski definition) is 4. The number of carbonyl (C=O) groups is 1. The molecule has 0 saturated heterocycles. The van der Waals surface area contributed by atoms with Crippen molar-refractivity contribution in [1.82, 2.24) is 10.3 Å². The van der Waals surface area contributed by atoms with Gasteiger partial charge >= 0.3 is 6.09 Å². The van der Waals surface area contributed by atoms with Crippen LogP contribution in [0.4, 0.5) is 4.79 Å². The van der Waals surface area contributed by atoms with E-state index in [1.807, 2.05) is 6.92 Å². The number of aryl methyl sites for hydroxylation is 1. The van der Waals surface area contributed by atoms with Gasteiger partial charge < -0.3 is 14.5 Å². The highest BCUT2D eigenvalue weighted by Crippen LogP contribution is 2.33. The molecule has 25 heavy (non-hydrogen) atoms. The summed E-state index contributed by atoms with van der Waals surface area (Å²) in [5.74, 6) is 6.41. The van der Waals surface area contributed by atoms with Crippen LogP contribution in [0.15, 0.2) is 15.0 Å². The van der Waals surface area contributed by atoms with Gasteiger partial charge in [-0.15, -0.1) is 5.92 Å². The molecule has 0 aromatic carbocycles. The lowest BCUT2D eigenvalue weighted by Gasteiger charge is -2.21. The molecule has 2 aromatic heterocycles. The Kier molecular flexibility index (Phi) is 6.02. The minimum Gasteiger partial charge on any atom is -0.458 e. The molecule has 0 aliphatic heterocycles. The standard InChI is InChI=1S/C18H20BrClN2O3/c1-6-7-11(21-17(23)25-18(3,4)5)9-12-14(19)15-16(24-12)10(2)8-13(20)22-15/h8,11H,9H2,1-5H3,(H,21,23)/t11-/m0/s1. The van der Waals surface area contributed by atoms with Gasteiger partial charge in [-0.05, 0) is 62.2 Å². The Balaban J connectivity index is 2.26. The summed E-state index contributed by atoms with van der Waals surface area (Å²) < 4.78 is 11.9. The van der Waals surface area contributed by atoms with Crippen molar-refractivity contribution in [1.29, 1.82) is 0 Å². The smallest absolute Gasteiger partial charge is 0.408 e. The topological polar surface area (TPSA) is 64.4 Å². The van der Waals surface area contributed by atoms with E-state index in [9.17, 15) is 4.79 Å². The summed E-state index contributed by atoms with van der Waals surface area (Å²) in [4.78, 5) is 16.3. The molecule has 0 unspecified atom stereocenters. The molecule has 134 valence electrons. The monoisotopic (exact) mass is 426 g/mol. The number of ether oxygens (including phenoxy) is 1. The zero-order valence-corrected chi connectivity index (χ0v) is 17.1. The highest BCUT2D eigenvalue weighted by Gasteiger charge is 2.22. The van der Waals surface area contributed by atoms with Gasteiger partial charge in [0, 0.05) is 6.42 Å². The Morgan fingerprint density at radius 2 is 2.20 bits per heavy atom. The maximum atomic E-state index is 12.0. The molecule has 0 spiro atoms. The highest BCUT2D eigenvalue weighted by atomic mass is 79.9. The molecular formula is C18H20BrClN2O3. The molecule has 0 bridgehead atoms. The third kappa shape index (κ3) is 5.13. The number of pyridine rings is 1. The molecule has 1 atom stereocenters. The Bertz CT molecular complexity index is 859. The highest BCUT2D eigenvalue weighted by molar-refractivity contribution is 9.10. The average molecular weight is 428 g/mol. The molecule has 0 fully saturated rings. The number of carbonyl (C=O) groups excluding carboxylic acids is 1. The Labute approximate surface area is 160 Å². The molecule has 2 rings (SSSR count). The van der Waals surface area contributed by atoms with Gasteiger partial charge in [0.05, 0.1) is 4.47 Å². The molecule has 0 radical (unpaired) electrons. The van der Waals surface area contributed by atoms with Crippen LogP contribution in [-0.4, -0.2) is 22.7 Å². The zero-order valence-electron chi connectivity index (χ0n) is 14.8. The summed E-state index contributed by atoms with van der Waals surface area (Å²) in [5.41, 5.74) is 1.62. The maximum absolute atomic E-state index is 12.0. The number of furan rings is 1. The van der Waals surface area contributed by atoms with Crippen molar-refractivity contribution >= 4 is 44.7 Å². The minimum absolute atomic E-state index is 0.369. The van der Waals surface area contributed by atoms with Gasteiger partial charge in [0.2, 0.25) is 0 Å². The van der Waals surface area contributed by atoms with Crippen molar-refractivity contribution in [2.24, 2.45) is 0 Å². The summed E-state index contributed by atoms with van der Waals surface area (Å²) in [6.07, 6.45) is -0.154. The SMILES string of the molecule is CC#C[C@@H](Cc1oc2c(C)cc(Cl)nc2c1Br)NC(=O)OC(C)(C)C. The number of halogens is 2. The van der Waals surface area contributed by atoms with Gasteiger partial charge in [-0.2, -0.15) is 0 Å². The second-order valence-electron chi connectivity index (χ2n) is 6.58. The fourth-order valence-electron chi connectivity index (χ4n) is 2.28. The summed E-state index contributed by atoms with van der Waals surface area (Å²) in [7, 11) is 0.